The molecule has 1 unspecified atom stereocenters. The quantitative estimate of drug-likeness (QED) is 0.697. The maximum Gasteiger partial charge on any atom is 0.0562 e. The molecule has 1 aliphatic carbocycles. The minimum Gasteiger partial charge on any atom is -0.320 e. The first-order valence-electron chi connectivity index (χ1n) is 6.47. The molecule has 1 aliphatic rings. The third kappa shape index (κ3) is 2.73. The number of halogens is 2. The largest absolute Gasteiger partial charge is 0.320 e. The van der Waals surface area contributed by atoms with Crippen LogP contribution in [0.25, 0.3) is 0 Å². The molecule has 98 valence electrons. The van der Waals surface area contributed by atoms with Crippen molar-refractivity contribution in [3.05, 3.63) is 66.7 Å². The summed E-state index contributed by atoms with van der Waals surface area (Å²) in [5, 5.41) is 0. The van der Waals surface area contributed by atoms with E-state index in [-0.39, 0.29) is 6.04 Å². The summed E-state index contributed by atoms with van der Waals surface area (Å²) < 4.78 is 2.30. The van der Waals surface area contributed by atoms with Crippen LogP contribution < -0.4 is 5.73 Å². The molecule has 3 rings (SSSR count). The van der Waals surface area contributed by atoms with Crippen LogP contribution in [-0.4, -0.2) is 0 Å². The number of hydrogen-bond donors (Lipinski definition) is 1. The van der Waals surface area contributed by atoms with Crippen LogP contribution in [0.5, 0.6) is 0 Å². The number of fused-ring (bicyclic) bond motifs is 1. The van der Waals surface area contributed by atoms with Crippen LogP contribution in [0.2, 0.25) is 0 Å². The van der Waals surface area contributed by atoms with Crippen LogP contribution in [0.4, 0.5) is 0 Å². The monoisotopic (exact) mass is 427 g/mol. The molecule has 19 heavy (non-hydrogen) atoms. The van der Waals surface area contributed by atoms with E-state index in [9.17, 15) is 0 Å². The lowest BCUT2D eigenvalue weighted by Gasteiger charge is -2.16. The average Bonchev–Trinajstić information content (AvgIpc) is 2.88. The van der Waals surface area contributed by atoms with Gasteiger partial charge in [-0.25, -0.2) is 0 Å². The van der Waals surface area contributed by atoms with E-state index in [1.54, 1.807) is 0 Å². The summed E-state index contributed by atoms with van der Waals surface area (Å²) in [5.41, 5.74) is 11.8. The second kappa shape index (κ2) is 5.54. The predicted octanol–water partition coefficient (Wildman–Crippen LogP) is 4.59. The Morgan fingerprint density at radius 2 is 1.84 bits per heavy atom. The van der Waals surface area contributed by atoms with Crippen LogP contribution >= 0.6 is 38.5 Å². The van der Waals surface area contributed by atoms with E-state index < -0.39 is 0 Å². The zero-order chi connectivity index (χ0) is 13.4. The smallest absolute Gasteiger partial charge is 0.0562 e. The van der Waals surface area contributed by atoms with E-state index in [4.69, 9.17) is 5.73 Å². The van der Waals surface area contributed by atoms with Crippen molar-refractivity contribution in [2.24, 2.45) is 5.73 Å². The molecule has 1 atom stereocenters. The lowest BCUT2D eigenvalue weighted by Crippen LogP contribution is -2.13. The Morgan fingerprint density at radius 3 is 2.68 bits per heavy atom. The number of aryl methyl sites for hydroxylation is 2. The number of benzene rings is 2. The van der Waals surface area contributed by atoms with Crippen molar-refractivity contribution in [3.63, 3.8) is 0 Å². The van der Waals surface area contributed by atoms with Crippen molar-refractivity contribution in [1.82, 2.24) is 0 Å². The highest BCUT2D eigenvalue weighted by Gasteiger charge is 2.16. The first kappa shape index (κ1) is 13.6. The summed E-state index contributed by atoms with van der Waals surface area (Å²) in [6.45, 7) is 0. The molecule has 2 aromatic carbocycles. The standard InChI is InChI=1S/C16H15BrIN/c17-13-6-7-15(18)14(9-13)16(19)12-5-4-10-2-1-3-11(10)8-12/h4-9,16H,1-3,19H2. The molecule has 0 amide bonds. The highest BCUT2D eigenvalue weighted by molar-refractivity contribution is 14.1. The lowest BCUT2D eigenvalue weighted by molar-refractivity contribution is 0.860. The highest BCUT2D eigenvalue weighted by Crippen LogP contribution is 2.30. The zero-order valence-corrected chi connectivity index (χ0v) is 14.2. The maximum atomic E-state index is 6.45. The molecule has 0 radical (unpaired) electrons. The predicted molar refractivity (Wildman–Crippen MR) is 91.4 cm³/mol. The van der Waals surface area contributed by atoms with Crippen molar-refractivity contribution < 1.29 is 0 Å². The average molecular weight is 428 g/mol. The Balaban J connectivity index is 1.99. The molecule has 0 fully saturated rings. The molecular weight excluding hydrogens is 413 g/mol. The summed E-state index contributed by atoms with van der Waals surface area (Å²) in [6.07, 6.45) is 3.70. The first-order valence-corrected chi connectivity index (χ1v) is 8.34. The Hall–Kier alpha value is -0.390. The normalized spacial score (nSPS) is 15.3. The Bertz CT molecular complexity index is 624. The SMILES string of the molecule is NC(c1ccc2c(c1)CCC2)c1cc(Br)ccc1I. The molecule has 0 aromatic heterocycles. The third-order valence-electron chi connectivity index (χ3n) is 3.77. The van der Waals surface area contributed by atoms with Gasteiger partial charge in [-0.3, -0.25) is 0 Å². The van der Waals surface area contributed by atoms with E-state index in [2.05, 4.69) is 74.9 Å². The minimum absolute atomic E-state index is 0.0460. The van der Waals surface area contributed by atoms with E-state index in [0.29, 0.717) is 0 Å². The van der Waals surface area contributed by atoms with Gasteiger partial charge in [0.25, 0.3) is 0 Å². The summed E-state index contributed by atoms with van der Waals surface area (Å²) in [7, 11) is 0. The minimum atomic E-state index is -0.0460. The molecular formula is C16H15BrIN. The molecule has 0 bridgehead atoms. The van der Waals surface area contributed by atoms with Crippen LogP contribution in [-0.2, 0) is 12.8 Å². The molecule has 2 N–H and O–H groups in total. The van der Waals surface area contributed by atoms with Crippen LogP contribution in [0.3, 0.4) is 0 Å². The molecule has 0 saturated heterocycles. The number of hydrogen-bond acceptors (Lipinski definition) is 1. The Morgan fingerprint density at radius 1 is 1.05 bits per heavy atom. The molecule has 0 saturated carbocycles. The van der Waals surface area contributed by atoms with Gasteiger partial charge in [0.15, 0.2) is 0 Å². The van der Waals surface area contributed by atoms with Crippen molar-refractivity contribution in [3.8, 4) is 0 Å². The van der Waals surface area contributed by atoms with Crippen LogP contribution in [0, 0.1) is 3.57 Å². The zero-order valence-electron chi connectivity index (χ0n) is 10.5. The summed E-state index contributed by atoms with van der Waals surface area (Å²) in [5.74, 6) is 0. The van der Waals surface area contributed by atoms with Crippen LogP contribution in [0.1, 0.15) is 34.7 Å². The second-order valence-corrected chi connectivity index (χ2v) is 7.10. The highest BCUT2D eigenvalue weighted by atomic mass is 127. The van der Waals surface area contributed by atoms with Gasteiger partial charge in [0, 0.05) is 8.04 Å². The fourth-order valence-electron chi connectivity index (χ4n) is 2.72. The summed E-state index contributed by atoms with van der Waals surface area (Å²) >= 11 is 5.88. The number of nitrogens with two attached hydrogens (primary N) is 1. The molecule has 1 nitrogen and oxygen atoms in total. The van der Waals surface area contributed by atoms with Gasteiger partial charge in [-0.1, -0.05) is 34.1 Å². The molecule has 0 aliphatic heterocycles. The van der Waals surface area contributed by atoms with Crippen molar-refractivity contribution >= 4 is 38.5 Å². The van der Waals surface area contributed by atoms with E-state index >= 15 is 0 Å². The summed E-state index contributed by atoms with van der Waals surface area (Å²) in [4.78, 5) is 0. The van der Waals surface area contributed by atoms with Gasteiger partial charge in [0.2, 0.25) is 0 Å². The Labute approximate surface area is 135 Å². The van der Waals surface area contributed by atoms with Crippen molar-refractivity contribution in [1.29, 1.82) is 0 Å². The Kier molecular flexibility index (Phi) is 3.96. The van der Waals surface area contributed by atoms with Gasteiger partial charge in [0.1, 0.15) is 0 Å². The van der Waals surface area contributed by atoms with Crippen molar-refractivity contribution in [2.75, 3.05) is 0 Å². The number of rotatable bonds is 2. The molecule has 0 heterocycles. The first-order chi connectivity index (χ1) is 9.15. The van der Waals surface area contributed by atoms with Crippen molar-refractivity contribution in [2.45, 2.75) is 25.3 Å². The van der Waals surface area contributed by atoms with Gasteiger partial charge in [-0.05, 0) is 82.3 Å². The van der Waals surface area contributed by atoms with Gasteiger partial charge >= 0.3 is 0 Å². The molecule has 2 aromatic rings. The fourth-order valence-corrected chi connectivity index (χ4v) is 3.77. The third-order valence-corrected chi connectivity index (χ3v) is 5.25. The topological polar surface area (TPSA) is 26.0 Å². The van der Waals surface area contributed by atoms with Gasteiger partial charge in [0.05, 0.1) is 6.04 Å². The maximum absolute atomic E-state index is 6.45. The van der Waals surface area contributed by atoms with Gasteiger partial charge in [-0.2, -0.15) is 0 Å². The van der Waals surface area contributed by atoms with E-state index in [0.717, 1.165) is 4.47 Å². The van der Waals surface area contributed by atoms with E-state index in [1.165, 1.54) is 45.1 Å². The molecule has 3 heteroatoms. The van der Waals surface area contributed by atoms with E-state index in [1.807, 2.05) is 0 Å². The second-order valence-electron chi connectivity index (χ2n) is 5.03. The summed E-state index contributed by atoms with van der Waals surface area (Å²) in [6, 6.07) is 13.0. The van der Waals surface area contributed by atoms with Gasteiger partial charge in [-0.15, -0.1) is 0 Å². The van der Waals surface area contributed by atoms with Gasteiger partial charge < -0.3 is 5.73 Å². The van der Waals surface area contributed by atoms with Crippen LogP contribution in [0.15, 0.2) is 40.9 Å². The fraction of sp³-hybridized carbons (Fsp3) is 0.250. The lowest BCUT2D eigenvalue weighted by atomic mass is 9.96. The molecule has 0 spiro atoms.